The lowest BCUT2D eigenvalue weighted by Gasteiger charge is -2.26. The van der Waals surface area contributed by atoms with Gasteiger partial charge in [0.1, 0.15) is 5.82 Å². The molecule has 2 aromatic rings. The standard InChI is InChI=1S/C17H19F2N3O/c1-4-22-15-7-13(19)12(18)6-14(15)21-16(22)10-5-11(9-20-8-10)17(2,3)23/h5-7,9,11,23H,4,8H2,1-3H3. The second kappa shape index (κ2) is 5.53. The van der Waals surface area contributed by atoms with Crippen LogP contribution in [0.2, 0.25) is 0 Å². The average Bonchev–Trinajstić information content (AvgIpc) is 2.84. The number of aliphatic hydroxyl groups is 1. The summed E-state index contributed by atoms with van der Waals surface area (Å²) in [4.78, 5) is 8.77. The molecule has 23 heavy (non-hydrogen) atoms. The third kappa shape index (κ3) is 2.79. The van der Waals surface area contributed by atoms with Crippen LogP contribution in [-0.4, -0.2) is 33.0 Å². The molecular weight excluding hydrogens is 300 g/mol. The number of dihydropyridines is 1. The Hall–Kier alpha value is -2.08. The van der Waals surface area contributed by atoms with Gasteiger partial charge in [0.05, 0.1) is 23.2 Å². The molecule has 1 aromatic carbocycles. The molecule has 1 unspecified atom stereocenters. The van der Waals surface area contributed by atoms with E-state index in [1.54, 1.807) is 20.1 Å². The number of rotatable bonds is 3. The molecule has 1 atom stereocenters. The fourth-order valence-electron chi connectivity index (χ4n) is 2.79. The minimum Gasteiger partial charge on any atom is -0.389 e. The van der Waals surface area contributed by atoms with E-state index in [2.05, 4.69) is 9.98 Å². The third-order valence-corrected chi connectivity index (χ3v) is 4.12. The maximum absolute atomic E-state index is 13.5. The first-order chi connectivity index (χ1) is 10.8. The van der Waals surface area contributed by atoms with Crippen LogP contribution in [0.5, 0.6) is 0 Å². The Morgan fingerprint density at radius 2 is 2.00 bits per heavy atom. The van der Waals surface area contributed by atoms with Crippen LogP contribution in [0.3, 0.4) is 0 Å². The van der Waals surface area contributed by atoms with Crippen LogP contribution in [0.4, 0.5) is 8.78 Å². The molecule has 0 fully saturated rings. The highest BCUT2D eigenvalue weighted by Gasteiger charge is 2.27. The van der Waals surface area contributed by atoms with Gasteiger partial charge < -0.3 is 9.67 Å². The van der Waals surface area contributed by atoms with Gasteiger partial charge in [-0.05, 0) is 20.8 Å². The first kappa shape index (κ1) is 15.8. The van der Waals surface area contributed by atoms with Crippen molar-refractivity contribution in [1.82, 2.24) is 9.55 Å². The molecule has 122 valence electrons. The molecule has 6 heteroatoms. The highest BCUT2D eigenvalue weighted by molar-refractivity contribution is 5.83. The number of aryl methyl sites for hydroxylation is 1. The molecule has 1 N–H and O–H groups in total. The summed E-state index contributed by atoms with van der Waals surface area (Å²) in [5.74, 6) is -1.39. The van der Waals surface area contributed by atoms with E-state index in [1.165, 1.54) is 6.07 Å². The second-order valence-electron chi connectivity index (χ2n) is 6.30. The molecule has 1 aromatic heterocycles. The van der Waals surface area contributed by atoms with Gasteiger partial charge in [0.25, 0.3) is 0 Å². The molecule has 0 spiro atoms. The number of aromatic nitrogens is 2. The van der Waals surface area contributed by atoms with Gasteiger partial charge in [0.15, 0.2) is 11.6 Å². The van der Waals surface area contributed by atoms with E-state index in [0.717, 1.165) is 11.6 Å². The van der Waals surface area contributed by atoms with Gasteiger partial charge in [-0.15, -0.1) is 0 Å². The van der Waals surface area contributed by atoms with E-state index >= 15 is 0 Å². The zero-order valence-corrected chi connectivity index (χ0v) is 13.3. The van der Waals surface area contributed by atoms with Crippen molar-refractivity contribution in [2.24, 2.45) is 10.9 Å². The predicted octanol–water partition coefficient (Wildman–Crippen LogP) is 3.19. The quantitative estimate of drug-likeness (QED) is 0.944. The smallest absolute Gasteiger partial charge is 0.161 e. The van der Waals surface area contributed by atoms with Gasteiger partial charge in [0.2, 0.25) is 0 Å². The van der Waals surface area contributed by atoms with Crippen LogP contribution in [-0.2, 0) is 6.54 Å². The van der Waals surface area contributed by atoms with Crippen molar-refractivity contribution in [3.8, 4) is 0 Å². The Bertz CT molecular complexity index is 815. The van der Waals surface area contributed by atoms with E-state index in [-0.39, 0.29) is 5.92 Å². The summed E-state index contributed by atoms with van der Waals surface area (Å²) in [6.07, 6.45) is 3.65. The van der Waals surface area contributed by atoms with E-state index in [4.69, 9.17) is 0 Å². The van der Waals surface area contributed by atoms with Gasteiger partial charge in [-0.3, -0.25) is 4.99 Å². The molecule has 0 bridgehead atoms. The summed E-state index contributed by atoms with van der Waals surface area (Å²) >= 11 is 0. The fraction of sp³-hybridized carbons (Fsp3) is 0.412. The molecular formula is C17H19F2N3O. The number of aliphatic imine (C=N–C) groups is 1. The van der Waals surface area contributed by atoms with E-state index in [0.29, 0.717) is 29.9 Å². The molecule has 1 aliphatic heterocycles. The Morgan fingerprint density at radius 3 is 2.65 bits per heavy atom. The number of fused-ring (bicyclic) bond motifs is 1. The summed E-state index contributed by atoms with van der Waals surface area (Å²) in [6.45, 7) is 6.37. The number of imidazole rings is 1. The topological polar surface area (TPSA) is 50.4 Å². The Morgan fingerprint density at radius 1 is 1.30 bits per heavy atom. The fourth-order valence-corrected chi connectivity index (χ4v) is 2.79. The van der Waals surface area contributed by atoms with Crippen LogP contribution in [0.15, 0.2) is 23.2 Å². The van der Waals surface area contributed by atoms with Crippen molar-refractivity contribution in [3.05, 3.63) is 35.7 Å². The van der Waals surface area contributed by atoms with E-state index in [9.17, 15) is 13.9 Å². The zero-order valence-electron chi connectivity index (χ0n) is 13.3. The molecule has 0 saturated carbocycles. The maximum atomic E-state index is 13.5. The Kier molecular flexibility index (Phi) is 3.80. The van der Waals surface area contributed by atoms with Crippen LogP contribution < -0.4 is 0 Å². The SMILES string of the molecule is CCn1c(C2=CC(C(C)(C)O)C=NC2)nc2cc(F)c(F)cc21. The van der Waals surface area contributed by atoms with Gasteiger partial charge >= 0.3 is 0 Å². The van der Waals surface area contributed by atoms with E-state index in [1.807, 2.05) is 17.6 Å². The van der Waals surface area contributed by atoms with Crippen molar-refractivity contribution in [2.75, 3.05) is 6.54 Å². The lowest BCUT2D eigenvalue weighted by atomic mass is 9.88. The van der Waals surface area contributed by atoms with Crippen molar-refractivity contribution >= 4 is 22.8 Å². The number of nitrogens with zero attached hydrogens (tertiary/aromatic N) is 3. The van der Waals surface area contributed by atoms with E-state index < -0.39 is 17.2 Å². The molecule has 3 rings (SSSR count). The molecule has 0 amide bonds. The molecule has 1 aliphatic rings. The van der Waals surface area contributed by atoms with Gasteiger partial charge in [-0.1, -0.05) is 6.08 Å². The van der Waals surface area contributed by atoms with Crippen molar-refractivity contribution < 1.29 is 13.9 Å². The summed E-state index contributed by atoms with van der Waals surface area (Å²) in [5.41, 5.74) is 0.877. The minimum atomic E-state index is -0.934. The number of hydrogen-bond acceptors (Lipinski definition) is 3. The summed E-state index contributed by atoms with van der Waals surface area (Å²) in [6, 6.07) is 2.28. The lowest BCUT2D eigenvalue weighted by Crippen LogP contribution is -2.32. The summed E-state index contributed by atoms with van der Waals surface area (Å²) in [7, 11) is 0. The maximum Gasteiger partial charge on any atom is 0.161 e. The summed E-state index contributed by atoms with van der Waals surface area (Å²) in [5, 5.41) is 10.2. The van der Waals surface area contributed by atoms with Gasteiger partial charge in [-0.2, -0.15) is 0 Å². The van der Waals surface area contributed by atoms with Gasteiger partial charge in [-0.25, -0.2) is 13.8 Å². The Balaban J connectivity index is 2.14. The van der Waals surface area contributed by atoms with Gasteiger partial charge in [0, 0.05) is 36.4 Å². The van der Waals surface area contributed by atoms with Crippen LogP contribution in [0.1, 0.15) is 26.6 Å². The average molecular weight is 319 g/mol. The van der Waals surface area contributed by atoms with Crippen LogP contribution in [0.25, 0.3) is 16.6 Å². The Labute approximate surface area is 133 Å². The largest absolute Gasteiger partial charge is 0.389 e. The van der Waals surface area contributed by atoms with Crippen molar-refractivity contribution in [1.29, 1.82) is 0 Å². The second-order valence-corrected chi connectivity index (χ2v) is 6.30. The first-order valence-corrected chi connectivity index (χ1v) is 7.60. The monoisotopic (exact) mass is 319 g/mol. The molecule has 4 nitrogen and oxygen atoms in total. The highest BCUT2D eigenvalue weighted by Crippen LogP contribution is 2.29. The summed E-state index contributed by atoms with van der Waals surface area (Å²) < 4.78 is 28.8. The molecule has 0 saturated heterocycles. The predicted molar refractivity (Wildman–Crippen MR) is 86.4 cm³/mol. The third-order valence-electron chi connectivity index (χ3n) is 4.12. The van der Waals surface area contributed by atoms with Crippen LogP contribution in [0, 0.1) is 17.6 Å². The molecule has 2 heterocycles. The lowest BCUT2D eigenvalue weighted by molar-refractivity contribution is 0.0624. The van der Waals surface area contributed by atoms with Crippen molar-refractivity contribution in [3.63, 3.8) is 0 Å². The normalized spacial score (nSPS) is 18.5. The molecule has 0 aliphatic carbocycles. The number of hydrogen-bond donors (Lipinski definition) is 1. The minimum absolute atomic E-state index is 0.232. The highest BCUT2D eigenvalue weighted by atomic mass is 19.2. The number of benzene rings is 1. The zero-order chi connectivity index (χ0) is 16.8. The first-order valence-electron chi connectivity index (χ1n) is 7.60. The van der Waals surface area contributed by atoms with Crippen LogP contribution >= 0.6 is 0 Å². The number of halogens is 2. The molecule has 0 radical (unpaired) electrons. The van der Waals surface area contributed by atoms with Crippen molar-refractivity contribution in [2.45, 2.75) is 32.9 Å².